The van der Waals surface area contributed by atoms with Crippen LogP contribution in [0.1, 0.15) is 26.7 Å². The highest BCUT2D eigenvalue weighted by Crippen LogP contribution is 2.32. The smallest absolute Gasteiger partial charge is 0.250 e. The number of likely N-dealkylation sites (tertiary alicyclic amines) is 1. The molecule has 1 aromatic rings. The molecule has 1 fully saturated rings. The van der Waals surface area contributed by atoms with Crippen molar-refractivity contribution in [3.63, 3.8) is 0 Å². The van der Waals surface area contributed by atoms with Gasteiger partial charge >= 0.3 is 0 Å². The molecule has 2 amide bonds. The lowest BCUT2D eigenvalue weighted by Gasteiger charge is -2.38. The lowest BCUT2D eigenvalue weighted by Crippen LogP contribution is -2.48. The molecule has 2 rings (SSSR count). The summed E-state index contributed by atoms with van der Waals surface area (Å²) in [5, 5.41) is 5.72. The number of piperidine rings is 1. The van der Waals surface area contributed by atoms with Gasteiger partial charge in [0.05, 0.1) is 18.2 Å². The molecule has 1 unspecified atom stereocenters. The molecule has 1 atom stereocenters. The number of nitrogens with zero attached hydrogens (tertiary/aromatic N) is 1. The van der Waals surface area contributed by atoms with E-state index in [2.05, 4.69) is 22.5 Å². The third kappa shape index (κ3) is 4.95. The first-order valence-corrected chi connectivity index (χ1v) is 8.92. The number of amides is 2. The van der Waals surface area contributed by atoms with E-state index in [0.29, 0.717) is 17.1 Å². The lowest BCUT2D eigenvalue weighted by atomic mass is 9.81. The maximum atomic E-state index is 12.9. The van der Waals surface area contributed by atoms with Crippen LogP contribution >= 0.6 is 0 Å². The quantitative estimate of drug-likeness (QED) is 0.777. The van der Waals surface area contributed by atoms with Crippen LogP contribution in [-0.2, 0) is 14.3 Å². The monoisotopic (exact) mass is 363 g/mol. The van der Waals surface area contributed by atoms with Crippen molar-refractivity contribution in [3.8, 4) is 5.75 Å². The topological polar surface area (TPSA) is 79.9 Å². The number of ether oxygens (including phenoxy) is 2. The van der Waals surface area contributed by atoms with E-state index in [4.69, 9.17) is 9.47 Å². The van der Waals surface area contributed by atoms with Crippen LogP contribution in [0.15, 0.2) is 18.2 Å². The van der Waals surface area contributed by atoms with E-state index in [1.807, 2.05) is 6.92 Å². The minimum absolute atomic E-state index is 0.00464. The molecule has 26 heavy (non-hydrogen) atoms. The Bertz CT molecular complexity index is 650. The van der Waals surface area contributed by atoms with Gasteiger partial charge in [0.1, 0.15) is 12.4 Å². The van der Waals surface area contributed by atoms with E-state index in [1.54, 1.807) is 18.2 Å². The number of nitrogens with one attached hydrogen (secondary N) is 2. The van der Waals surface area contributed by atoms with Gasteiger partial charge in [0.2, 0.25) is 11.8 Å². The van der Waals surface area contributed by atoms with E-state index in [9.17, 15) is 9.59 Å². The fourth-order valence-corrected chi connectivity index (χ4v) is 3.28. The molecule has 7 nitrogen and oxygen atoms in total. The lowest BCUT2D eigenvalue weighted by molar-refractivity contribution is -0.127. The zero-order valence-electron chi connectivity index (χ0n) is 16.1. The number of carbonyl (C=O) groups excluding carboxylic acids is 2. The van der Waals surface area contributed by atoms with Crippen molar-refractivity contribution in [1.82, 2.24) is 4.90 Å². The molecule has 0 radical (unpaired) electrons. The third-order valence-corrected chi connectivity index (χ3v) is 4.78. The minimum Gasteiger partial charge on any atom is -0.495 e. The highest BCUT2D eigenvalue weighted by molar-refractivity contribution is 5.98. The summed E-state index contributed by atoms with van der Waals surface area (Å²) in [6.07, 6.45) is 1.88. The van der Waals surface area contributed by atoms with Gasteiger partial charge in [0.25, 0.3) is 0 Å². The highest BCUT2D eigenvalue weighted by atomic mass is 16.5. The van der Waals surface area contributed by atoms with E-state index in [-0.39, 0.29) is 18.4 Å². The van der Waals surface area contributed by atoms with Crippen LogP contribution < -0.4 is 15.4 Å². The van der Waals surface area contributed by atoms with Gasteiger partial charge in [0.15, 0.2) is 0 Å². The normalized spacial score (nSPS) is 20.5. The maximum Gasteiger partial charge on any atom is 0.250 e. The molecule has 7 heteroatoms. The molecular formula is C19H29N3O4. The molecule has 0 bridgehead atoms. The standard InChI is InChI=1S/C19H29N3O4/c1-5-22-10-6-9-19(2,13-22)18(24)20-14-7-8-16(26-4)15(11-14)21-17(23)12-25-3/h7-8,11H,5-6,9-10,12-13H2,1-4H3,(H,20,24)(H,21,23). The second-order valence-corrected chi connectivity index (χ2v) is 6.88. The average Bonchev–Trinajstić information content (AvgIpc) is 2.62. The second-order valence-electron chi connectivity index (χ2n) is 6.88. The molecule has 1 saturated heterocycles. The predicted molar refractivity (Wildman–Crippen MR) is 102 cm³/mol. The van der Waals surface area contributed by atoms with Crippen LogP contribution in [0.5, 0.6) is 5.75 Å². The fourth-order valence-electron chi connectivity index (χ4n) is 3.28. The van der Waals surface area contributed by atoms with Gasteiger partial charge in [-0.05, 0) is 51.1 Å². The molecule has 0 saturated carbocycles. The third-order valence-electron chi connectivity index (χ3n) is 4.78. The van der Waals surface area contributed by atoms with Crippen LogP contribution in [0.3, 0.4) is 0 Å². The Morgan fingerprint density at radius 1 is 1.27 bits per heavy atom. The van der Waals surface area contributed by atoms with Crippen molar-refractivity contribution < 1.29 is 19.1 Å². The molecule has 1 heterocycles. The Morgan fingerprint density at radius 3 is 2.69 bits per heavy atom. The molecule has 144 valence electrons. The van der Waals surface area contributed by atoms with Crippen LogP contribution in [0, 0.1) is 5.41 Å². The number of rotatable bonds is 7. The van der Waals surface area contributed by atoms with Gasteiger partial charge in [-0.3, -0.25) is 9.59 Å². The van der Waals surface area contributed by atoms with Crippen molar-refractivity contribution >= 4 is 23.2 Å². The van der Waals surface area contributed by atoms with E-state index in [0.717, 1.165) is 32.5 Å². The number of hydrogen-bond acceptors (Lipinski definition) is 5. The van der Waals surface area contributed by atoms with Gasteiger partial charge in [-0.25, -0.2) is 0 Å². The Hall–Kier alpha value is -2.12. The van der Waals surface area contributed by atoms with Crippen LogP contribution in [0.2, 0.25) is 0 Å². The van der Waals surface area contributed by atoms with Gasteiger partial charge in [-0.15, -0.1) is 0 Å². The highest BCUT2D eigenvalue weighted by Gasteiger charge is 2.37. The summed E-state index contributed by atoms with van der Waals surface area (Å²) in [6, 6.07) is 5.19. The average molecular weight is 363 g/mol. The molecule has 1 aliphatic heterocycles. The summed E-state index contributed by atoms with van der Waals surface area (Å²) in [6.45, 7) is 6.81. The van der Waals surface area contributed by atoms with Crippen molar-refractivity contribution in [2.45, 2.75) is 26.7 Å². The molecular weight excluding hydrogens is 334 g/mol. The van der Waals surface area contributed by atoms with Crippen molar-refractivity contribution in [3.05, 3.63) is 18.2 Å². The Balaban J connectivity index is 2.13. The summed E-state index contributed by atoms with van der Waals surface area (Å²) < 4.78 is 10.1. The zero-order chi connectivity index (χ0) is 19.2. The number of methoxy groups -OCH3 is 2. The molecule has 1 aliphatic rings. The molecule has 0 spiro atoms. The summed E-state index contributed by atoms with van der Waals surface area (Å²) in [7, 11) is 2.99. The Labute approximate surface area is 155 Å². The van der Waals surface area contributed by atoms with Crippen LogP contribution in [-0.4, -0.2) is 57.2 Å². The number of anilines is 2. The summed E-state index contributed by atoms with van der Waals surface area (Å²) in [4.78, 5) is 27.0. The molecule has 1 aromatic carbocycles. The SMILES string of the molecule is CCN1CCCC(C)(C(=O)Nc2ccc(OC)c(NC(=O)COC)c2)C1. The Morgan fingerprint density at radius 2 is 2.04 bits per heavy atom. The van der Waals surface area contributed by atoms with Gasteiger partial charge in [0, 0.05) is 19.3 Å². The van der Waals surface area contributed by atoms with Crippen molar-refractivity contribution in [1.29, 1.82) is 0 Å². The predicted octanol–water partition coefficient (Wildman–Crippen LogP) is 2.34. The number of benzene rings is 1. The van der Waals surface area contributed by atoms with Crippen molar-refractivity contribution in [2.75, 3.05) is 51.1 Å². The molecule has 2 N–H and O–H groups in total. The zero-order valence-corrected chi connectivity index (χ0v) is 16.1. The summed E-state index contributed by atoms with van der Waals surface area (Å²) in [5.41, 5.74) is 0.697. The van der Waals surface area contributed by atoms with Crippen molar-refractivity contribution in [2.24, 2.45) is 5.41 Å². The molecule has 0 aromatic heterocycles. The largest absolute Gasteiger partial charge is 0.495 e. The number of carbonyl (C=O) groups is 2. The van der Waals surface area contributed by atoms with E-state index in [1.165, 1.54) is 14.2 Å². The first kappa shape index (κ1) is 20.2. The van der Waals surface area contributed by atoms with Crippen LogP contribution in [0.4, 0.5) is 11.4 Å². The fraction of sp³-hybridized carbons (Fsp3) is 0.579. The van der Waals surface area contributed by atoms with E-state index >= 15 is 0 Å². The second kappa shape index (κ2) is 9.00. The van der Waals surface area contributed by atoms with Gasteiger partial charge in [-0.2, -0.15) is 0 Å². The van der Waals surface area contributed by atoms with Gasteiger partial charge in [-0.1, -0.05) is 6.92 Å². The van der Waals surface area contributed by atoms with Gasteiger partial charge < -0.3 is 25.0 Å². The summed E-state index contributed by atoms with van der Waals surface area (Å²) >= 11 is 0. The minimum atomic E-state index is -0.423. The van der Waals surface area contributed by atoms with Crippen LogP contribution in [0.25, 0.3) is 0 Å². The molecule has 0 aliphatic carbocycles. The van der Waals surface area contributed by atoms with E-state index < -0.39 is 5.41 Å². The Kier molecular flexibility index (Phi) is 6.99. The number of hydrogen-bond donors (Lipinski definition) is 2. The summed E-state index contributed by atoms with van der Waals surface area (Å²) in [5.74, 6) is 0.232. The maximum absolute atomic E-state index is 12.9. The first-order valence-electron chi connectivity index (χ1n) is 8.92. The first-order chi connectivity index (χ1) is 12.4.